The molecule has 0 saturated carbocycles. The van der Waals surface area contributed by atoms with Gasteiger partial charge in [0.05, 0.1) is 25.5 Å². The number of hydrogen-bond donors (Lipinski definition) is 0. The highest BCUT2D eigenvalue weighted by molar-refractivity contribution is 7.13. The Morgan fingerprint density at radius 1 is 1.21 bits per heavy atom. The van der Waals surface area contributed by atoms with Crippen LogP contribution in [0, 0.1) is 5.82 Å². The number of ether oxygens (including phenoxy) is 2. The van der Waals surface area contributed by atoms with Gasteiger partial charge in [-0.3, -0.25) is 4.79 Å². The maximum atomic E-state index is 13.0. The molecule has 0 aliphatic heterocycles. The molecule has 2 aromatic heterocycles. The lowest BCUT2D eigenvalue weighted by Gasteiger charge is -2.02. The predicted octanol–water partition coefficient (Wildman–Crippen LogP) is 4.99. The zero-order chi connectivity index (χ0) is 19.5. The van der Waals surface area contributed by atoms with Gasteiger partial charge in [-0.25, -0.2) is 9.37 Å². The van der Waals surface area contributed by atoms with Crippen molar-refractivity contribution < 1.29 is 23.1 Å². The van der Waals surface area contributed by atoms with E-state index >= 15 is 0 Å². The van der Waals surface area contributed by atoms with Gasteiger partial charge >= 0.3 is 5.97 Å². The summed E-state index contributed by atoms with van der Waals surface area (Å²) < 4.78 is 29.0. The molecule has 7 heteroatoms. The molecule has 0 bridgehead atoms. The quantitative estimate of drug-likeness (QED) is 0.429. The van der Waals surface area contributed by atoms with Gasteiger partial charge in [0, 0.05) is 28.0 Å². The molecule has 5 nitrogen and oxygen atoms in total. The number of benzene rings is 2. The third-order valence-corrected chi connectivity index (χ3v) is 5.16. The fourth-order valence-electron chi connectivity index (χ4n) is 2.79. The first-order valence-corrected chi connectivity index (χ1v) is 9.40. The monoisotopic (exact) mass is 397 g/mol. The molecule has 0 N–H and O–H groups in total. The van der Waals surface area contributed by atoms with Gasteiger partial charge in [-0.1, -0.05) is 0 Å². The summed E-state index contributed by atoms with van der Waals surface area (Å²) >= 11 is 1.42. The molecule has 2 aromatic carbocycles. The first kappa shape index (κ1) is 18.2. The van der Waals surface area contributed by atoms with Crippen molar-refractivity contribution in [3.8, 4) is 16.3 Å². The van der Waals surface area contributed by atoms with Crippen LogP contribution in [0.25, 0.3) is 21.5 Å². The molecule has 28 heavy (non-hydrogen) atoms. The molecular formula is C21H16FNO4S. The van der Waals surface area contributed by atoms with Crippen LogP contribution in [0.1, 0.15) is 11.3 Å². The summed E-state index contributed by atoms with van der Waals surface area (Å²) in [5, 5.41) is 3.43. The second-order valence-corrected chi connectivity index (χ2v) is 6.97. The molecule has 0 radical (unpaired) electrons. The second kappa shape index (κ2) is 7.82. The van der Waals surface area contributed by atoms with Crippen LogP contribution in [0.5, 0.6) is 5.75 Å². The lowest BCUT2D eigenvalue weighted by atomic mass is 10.1. The van der Waals surface area contributed by atoms with Gasteiger partial charge in [-0.05, 0) is 36.4 Å². The summed E-state index contributed by atoms with van der Waals surface area (Å²) in [6, 6.07) is 11.6. The molecule has 0 fully saturated rings. The Bertz CT molecular complexity index is 1120. The number of nitrogens with zero attached hydrogens (tertiary/aromatic N) is 1. The van der Waals surface area contributed by atoms with E-state index < -0.39 is 0 Å². The van der Waals surface area contributed by atoms with Crippen LogP contribution in [0.3, 0.4) is 0 Å². The van der Waals surface area contributed by atoms with Gasteiger partial charge in [0.25, 0.3) is 0 Å². The lowest BCUT2D eigenvalue weighted by molar-refractivity contribution is -0.144. The van der Waals surface area contributed by atoms with Crippen LogP contribution in [0.2, 0.25) is 0 Å². The van der Waals surface area contributed by atoms with E-state index in [-0.39, 0.29) is 24.8 Å². The van der Waals surface area contributed by atoms with Crippen LogP contribution in [0.4, 0.5) is 4.39 Å². The van der Waals surface area contributed by atoms with E-state index in [9.17, 15) is 9.18 Å². The van der Waals surface area contributed by atoms with E-state index in [1.165, 1.54) is 23.5 Å². The Morgan fingerprint density at radius 3 is 2.82 bits per heavy atom. The highest BCUT2D eigenvalue weighted by atomic mass is 32.1. The fourth-order valence-corrected chi connectivity index (χ4v) is 3.60. The van der Waals surface area contributed by atoms with Crippen molar-refractivity contribution in [2.45, 2.75) is 13.0 Å². The van der Waals surface area contributed by atoms with Crippen molar-refractivity contribution in [3.63, 3.8) is 0 Å². The molecule has 0 aliphatic rings. The largest absolute Gasteiger partial charge is 0.497 e. The predicted molar refractivity (Wildman–Crippen MR) is 104 cm³/mol. The van der Waals surface area contributed by atoms with Crippen molar-refractivity contribution in [2.75, 3.05) is 7.11 Å². The van der Waals surface area contributed by atoms with Gasteiger partial charge in [0.1, 0.15) is 28.8 Å². The van der Waals surface area contributed by atoms with Crippen molar-refractivity contribution in [2.24, 2.45) is 0 Å². The zero-order valence-corrected chi connectivity index (χ0v) is 15.8. The minimum absolute atomic E-state index is 0.0835. The molecule has 0 aliphatic carbocycles. The summed E-state index contributed by atoms with van der Waals surface area (Å²) in [6.07, 6.45) is 1.66. The second-order valence-electron chi connectivity index (χ2n) is 6.11. The Kier molecular flexibility index (Phi) is 5.08. The number of carbonyl (C=O) groups excluding carboxylic acids is 1. The van der Waals surface area contributed by atoms with E-state index in [1.54, 1.807) is 31.6 Å². The molecule has 2 heterocycles. The minimum atomic E-state index is -0.366. The number of carbonyl (C=O) groups is 1. The molecule has 0 saturated heterocycles. The Morgan fingerprint density at radius 2 is 2.04 bits per heavy atom. The van der Waals surface area contributed by atoms with Crippen molar-refractivity contribution in [3.05, 3.63) is 71.2 Å². The number of methoxy groups -OCH3 is 1. The number of esters is 1. The summed E-state index contributed by atoms with van der Waals surface area (Å²) in [6.45, 7) is 0.0835. The van der Waals surface area contributed by atoms with Gasteiger partial charge in [-0.15, -0.1) is 11.3 Å². The van der Waals surface area contributed by atoms with Gasteiger partial charge < -0.3 is 13.9 Å². The first-order chi connectivity index (χ1) is 13.6. The fraction of sp³-hybridized carbons (Fsp3) is 0.143. The number of rotatable bonds is 6. The van der Waals surface area contributed by atoms with Crippen LogP contribution >= 0.6 is 11.3 Å². The maximum Gasteiger partial charge on any atom is 0.310 e. The summed E-state index contributed by atoms with van der Waals surface area (Å²) in [5.74, 6) is 0.0333. The minimum Gasteiger partial charge on any atom is -0.497 e. The van der Waals surface area contributed by atoms with Crippen LogP contribution in [-0.4, -0.2) is 18.1 Å². The van der Waals surface area contributed by atoms with Crippen molar-refractivity contribution in [1.29, 1.82) is 0 Å². The van der Waals surface area contributed by atoms with E-state index in [0.717, 1.165) is 21.5 Å². The smallest absolute Gasteiger partial charge is 0.310 e. The normalized spacial score (nSPS) is 10.9. The average molecular weight is 397 g/mol. The number of thiazole rings is 1. The molecule has 4 aromatic rings. The molecule has 4 rings (SSSR count). The number of aromatic nitrogens is 1. The number of hydrogen-bond acceptors (Lipinski definition) is 6. The van der Waals surface area contributed by atoms with E-state index in [1.807, 2.05) is 17.5 Å². The highest BCUT2D eigenvalue weighted by Gasteiger charge is 2.13. The van der Waals surface area contributed by atoms with Crippen molar-refractivity contribution in [1.82, 2.24) is 4.98 Å². The molecule has 142 valence electrons. The Labute approximate surface area is 164 Å². The molecular weight excluding hydrogens is 381 g/mol. The van der Waals surface area contributed by atoms with E-state index in [0.29, 0.717) is 17.0 Å². The van der Waals surface area contributed by atoms with Gasteiger partial charge in [-0.2, -0.15) is 0 Å². The Balaban J connectivity index is 1.38. The van der Waals surface area contributed by atoms with E-state index in [2.05, 4.69) is 4.98 Å². The van der Waals surface area contributed by atoms with Gasteiger partial charge in [0.15, 0.2) is 0 Å². The zero-order valence-electron chi connectivity index (χ0n) is 15.0. The molecule has 0 atom stereocenters. The molecule has 0 spiro atoms. The molecule has 0 unspecified atom stereocenters. The van der Waals surface area contributed by atoms with E-state index in [4.69, 9.17) is 13.9 Å². The third-order valence-electron chi connectivity index (χ3n) is 4.22. The van der Waals surface area contributed by atoms with Crippen LogP contribution < -0.4 is 4.74 Å². The standard InChI is InChI=1S/C21H16FNO4S/c1-25-17-6-7-18-14(10-26-19(18)9-17)8-20(24)27-11-16-12-28-21(23-16)13-2-4-15(22)5-3-13/h2-7,9-10,12H,8,11H2,1H3. The SMILES string of the molecule is COc1ccc2c(CC(=O)OCc3csc(-c4ccc(F)cc4)n3)coc2c1. The topological polar surface area (TPSA) is 61.6 Å². The highest BCUT2D eigenvalue weighted by Crippen LogP contribution is 2.27. The van der Waals surface area contributed by atoms with Gasteiger partial charge in [0.2, 0.25) is 0 Å². The average Bonchev–Trinajstić information content (AvgIpc) is 3.34. The third kappa shape index (κ3) is 3.89. The molecule has 0 amide bonds. The van der Waals surface area contributed by atoms with Crippen LogP contribution in [-0.2, 0) is 22.6 Å². The van der Waals surface area contributed by atoms with Crippen molar-refractivity contribution >= 4 is 28.3 Å². The summed E-state index contributed by atoms with van der Waals surface area (Å²) in [4.78, 5) is 16.6. The number of halogens is 1. The summed E-state index contributed by atoms with van der Waals surface area (Å²) in [7, 11) is 1.59. The Hall–Kier alpha value is -3.19. The van der Waals surface area contributed by atoms with Crippen LogP contribution in [0.15, 0.2) is 58.5 Å². The first-order valence-electron chi connectivity index (χ1n) is 8.52. The summed E-state index contributed by atoms with van der Waals surface area (Å²) in [5.41, 5.74) is 2.89. The number of fused-ring (bicyclic) bond motifs is 1. The maximum absolute atomic E-state index is 13.0. The lowest BCUT2D eigenvalue weighted by Crippen LogP contribution is -2.07. The number of furan rings is 1.